The van der Waals surface area contributed by atoms with Gasteiger partial charge in [0.2, 0.25) is 5.78 Å². The summed E-state index contributed by atoms with van der Waals surface area (Å²) >= 11 is 0. The second-order valence-electron chi connectivity index (χ2n) is 10.2. The van der Waals surface area contributed by atoms with Crippen molar-refractivity contribution >= 4 is 23.6 Å². The fourth-order valence-electron chi connectivity index (χ4n) is 5.21. The number of nitrogens with one attached hydrogen (secondary N) is 1. The molecule has 0 aromatic heterocycles. The standard InChI is InChI=1S/C30H42N2O9/c1-16-10-9-11-23(37-5)28(41-30(31)36)18(3)12-17(2)27(40-8)24(38-6)13-19(4)26(39-7)21-14-20(33)15-22(25(21)34)32-29(16)35/h9-12,14-15,17,19,23-24,26-28H,13H2,1-8H3,(H2,31,36)(H,32,35)/b11-9+,16-10-,18-12+. The van der Waals surface area contributed by atoms with Crippen molar-refractivity contribution in [3.8, 4) is 0 Å². The topological polar surface area (TPSA) is 152 Å². The molecule has 0 saturated carbocycles. The van der Waals surface area contributed by atoms with E-state index in [1.165, 1.54) is 26.4 Å². The minimum absolute atomic E-state index is 0.141. The number of primary amides is 1. The van der Waals surface area contributed by atoms with E-state index < -0.39 is 54.1 Å². The van der Waals surface area contributed by atoms with Gasteiger partial charge < -0.3 is 34.7 Å². The Hall–Kier alpha value is -3.38. The minimum Gasteiger partial charge on any atom is -0.439 e. The molecule has 1 aliphatic carbocycles. The second-order valence-corrected chi connectivity index (χ2v) is 10.2. The molecule has 0 spiro atoms. The zero-order valence-corrected chi connectivity index (χ0v) is 25.0. The molecule has 0 fully saturated rings. The van der Waals surface area contributed by atoms with Gasteiger partial charge in [0, 0.05) is 51.6 Å². The minimum atomic E-state index is -0.972. The number of methoxy groups -OCH3 is 4. The first-order chi connectivity index (χ1) is 19.4. The van der Waals surface area contributed by atoms with Crippen LogP contribution in [0.2, 0.25) is 0 Å². The highest BCUT2D eigenvalue weighted by Crippen LogP contribution is 2.30. The molecule has 2 rings (SSSR count). The number of fused-ring (bicyclic) bond motifs is 2. The van der Waals surface area contributed by atoms with Crippen LogP contribution in [0.15, 0.2) is 58.9 Å². The molecule has 2 amide bonds. The zero-order valence-electron chi connectivity index (χ0n) is 25.0. The van der Waals surface area contributed by atoms with Gasteiger partial charge in [0.15, 0.2) is 11.9 Å². The molecule has 0 aromatic rings. The number of hydrogen-bond acceptors (Lipinski definition) is 9. The zero-order chi connectivity index (χ0) is 30.9. The van der Waals surface area contributed by atoms with Crippen LogP contribution < -0.4 is 11.1 Å². The Labute approximate surface area is 241 Å². The van der Waals surface area contributed by atoms with Crippen LogP contribution in [-0.4, -0.2) is 82.5 Å². The SMILES string of the molecule is COC1/C=C/C=C(/C)C(=O)NC2=CC(=O)C=C(C2=O)C(OC)C(C)CC(OC)C(OC)C(C)/C=C(\C)C1OC(N)=O. The van der Waals surface area contributed by atoms with Crippen molar-refractivity contribution in [1.82, 2.24) is 5.32 Å². The second kappa shape index (κ2) is 15.6. The van der Waals surface area contributed by atoms with Gasteiger partial charge in [-0.15, -0.1) is 0 Å². The normalized spacial score (nSPS) is 33.9. The number of rotatable bonds is 5. The lowest BCUT2D eigenvalue weighted by atomic mass is 9.84. The van der Waals surface area contributed by atoms with Gasteiger partial charge in [-0.2, -0.15) is 0 Å². The molecule has 3 N–H and O–H groups in total. The number of carbonyl (C=O) groups excluding carboxylic acids is 4. The number of ether oxygens (including phenoxy) is 5. The molecule has 0 saturated heterocycles. The van der Waals surface area contributed by atoms with Crippen molar-refractivity contribution in [1.29, 1.82) is 0 Å². The highest BCUT2D eigenvalue weighted by Gasteiger charge is 2.36. The molecule has 2 aliphatic rings. The number of nitrogens with two attached hydrogens (primary N) is 1. The van der Waals surface area contributed by atoms with E-state index in [0.29, 0.717) is 12.0 Å². The molecule has 0 aromatic carbocycles. The molecular formula is C30H42N2O9. The number of ketones is 2. The van der Waals surface area contributed by atoms with E-state index in [0.717, 1.165) is 6.08 Å². The van der Waals surface area contributed by atoms with Gasteiger partial charge in [-0.1, -0.05) is 38.2 Å². The molecule has 11 nitrogen and oxygen atoms in total. The molecule has 1 heterocycles. The van der Waals surface area contributed by atoms with E-state index >= 15 is 0 Å². The fourth-order valence-corrected chi connectivity index (χ4v) is 5.21. The molecular weight excluding hydrogens is 532 g/mol. The van der Waals surface area contributed by atoms with Gasteiger partial charge in [-0.3, -0.25) is 14.4 Å². The van der Waals surface area contributed by atoms with Crippen LogP contribution in [0.25, 0.3) is 0 Å². The summed E-state index contributed by atoms with van der Waals surface area (Å²) in [5.74, 6) is -2.04. The van der Waals surface area contributed by atoms with Crippen LogP contribution in [0.3, 0.4) is 0 Å². The van der Waals surface area contributed by atoms with E-state index in [9.17, 15) is 19.2 Å². The lowest BCUT2D eigenvalue weighted by Gasteiger charge is -2.34. The van der Waals surface area contributed by atoms with Crippen molar-refractivity contribution in [2.24, 2.45) is 17.6 Å². The maximum atomic E-state index is 13.4. The third-order valence-electron chi connectivity index (χ3n) is 7.27. The van der Waals surface area contributed by atoms with Crippen molar-refractivity contribution in [3.63, 3.8) is 0 Å². The average Bonchev–Trinajstić information content (AvgIpc) is 2.91. The van der Waals surface area contributed by atoms with E-state index in [-0.39, 0.29) is 28.7 Å². The lowest BCUT2D eigenvalue weighted by molar-refractivity contribution is -0.120. The maximum absolute atomic E-state index is 13.4. The first-order valence-corrected chi connectivity index (χ1v) is 13.3. The van der Waals surface area contributed by atoms with E-state index in [1.807, 2.05) is 19.9 Å². The molecule has 7 atom stereocenters. The summed E-state index contributed by atoms with van der Waals surface area (Å²) in [5.41, 5.74) is 6.29. The first kappa shape index (κ1) is 33.8. The monoisotopic (exact) mass is 574 g/mol. The third-order valence-corrected chi connectivity index (χ3v) is 7.27. The predicted molar refractivity (Wildman–Crippen MR) is 152 cm³/mol. The van der Waals surface area contributed by atoms with Crippen LogP contribution in [0.5, 0.6) is 0 Å². The van der Waals surface area contributed by atoms with Gasteiger partial charge >= 0.3 is 6.09 Å². The van der Waals surface area contributed by atoms with Crippen LogP contribution in [0.1, 0.15) is 34.1 Å². The Morgan fingerprint density at radius 3 is 2.20 bits per heavy atom. The summed E-state index contributed by atoms with van der Waals surface area (Å²) in [4.78, 5) is 50.6. The maximum Gasteiger partial charge on any atom is 0.405 e. The fraction of sp³-hybridized carbons (Fsp3) is 0.533. The molecule has 11 heteroatoms. The first-order valence-electron chi connectivity index (χ1n) is 13.3. The summed E-state index contributed by atoms with van der Waals surface area (Å²) in [5, 5.41) is 2.54. The summed E-state index contributed by atoms with van der Waals surface area (Å²) in [6, 6.07) is 0. The highest BCUT2D eigenvalue weighted by molar-refractivity contribution is 6.22. The van der Waals surface area contributed by atoms with E-state index in [2.05, 4.69) is 5.32 Å². The Kier molecular flexibility index (Phi) is 12.8. The summed E-state index contributed by atoms with van der Waals surface area (Å²) in [6.45, 7) is 7.17. The molecule has 1 aliphatic heterocycles. The van der Waals surface area contributed by atoms with Crippen LogP contribution in [0, 0.1) is 11.8 Å². The predicted octanol–water partition coefficient (Wildman–Crippen LogP) is 2.71. The Morgan fingerprint density at radius 1 is 0.951 bits per heavy atom. The van der Waals surface area contributed by atoms with Gasteiger partial charge in [-0.05, 0) is 37.8 Å². The Bertz CT molecular complexity index is 1150. The van der Waals surface area contributed by atoms with Crippen molar-refractivity contribution < 1.29 is 42.9 Å². The number of carbonyl (C=O) groups is 4. The molecule has 0 radical (unpaired) electrons. The van der Waals surface area contributed by atoms with Crippen LogP contribution >= 0.6 is 0 Å². The van der Waals surface area contributed by atoms with Crippen LogP contribution in [-0.2, 0) is 38.1 Å². The molecule has 226 valence electrons. The van der Waals surface area contributed by atoms with Crippen molar-refractivity contribution in [2.45, 2.75) is 64.6 Å². The third kappa shape index (κ3) is 8.80. The highest BCUT2D eigenvalue weighted by atomic mass is 16.6. The number of Topliss-reactive ketones (excluding diaryl/α,β-unsaturated/α-hetero) is 1. The molecule has 7 unspecified atom stereocenters. The summed E-state index contributed by atoms with van der Waals surface area (Å²) < 4.78 is 28.4. The van der Waals surface area contributed by atoms with Gasteiger partial charge in [0.1, 0.15) is 6.10 Å². The van der Waals surface area contributed by atoms with Crippen LogP contribution in [0.4, 0.5) is 4.79 Å². The smallest absolute Gasteiger partial charge is 0.405 e. The average molecular weight is 575 g/mol. The van der Waals surface area contributed by atoms with Gasteiger partial charge in [0.25, 0.3) is 5.91 Å². The lowest BCUT2D eigenvalue weighted by Crippen LogP contribution is -2.41. The van der Waals surface area contributed by atoms with Crippen molar-refractivity contribution in [3.05, 3.63) is 58.9 Å². The largest absolute Gasteiger partial charge is 0.439 e. The number of allylic oxidation sites excluding steroid dienone is 5. The number of hydrogen-bond donors (Lipinski definition) is 2. The van der Waals surface area contributed by atoms with E-state index in [4.69, 9.17) is 29.4 Å². The summed E-state index contributed by atoms with van der Waals surface area (Å²) in [7, 11) is 6.05. The van der Waals surface area contributed by atoms with Gasteiger partial charge in [0.05, 0.1) is 24.0 Å². The summed E-state index contributed by atoms with van der Waals surface area (Å²) in [6.07, 6.45) is 5.11. The Balaban J connectivity index is 2.66. The molecule has 2 bridgehead atoms. The molecule has 41 heavy (non-hydrogen) atoms. The van der Waals surface area contributed by atoms with Gasteiger partial charge in [-0.25, -0.2) is 4.79 Å². The van der Waals surface area contributed by atoms with Crippen molar-refractivity contribution in [2.75, 3.05) is 28.4 Å². The quantitative estimate of drug-likeness (QED) is 0.373. The number of amides is 2. The Morgan fingerprint density at radius 2 is 1.63 bits per heavy atom. The van der Waals surface area contributed by atoms with E-state index in [1.54, 1.807) is 40.2 Å².